The third-order valence-electron chi connectivity index (χ3n) is 8.05. The largest absolute Gasteiger partial charge is 0.416 e. The van der Waals surface area contributed by atoms with Crippen molar-refractivity contribution in [2.24, 2.45) is 0 Å². The Bertz CT molecular complexity index is 1830. The van der Waals surface area contributed by atoms with Crippen LogP contribution in [0.3, 0.4) is 0 Å². The first-order valence-electron chi connectivity index (χ1n) is 14.5. The van der Waals surface area contributed by atoms with Gasteiger partial charge in [0.05, 0.1) is 30.6 Å². The Balaban J connectivity index is 1.27. The molecule has 44 heavy (non-hydrogen) atoms. The quantitative estimate of drug-likeness (QED) is 0.141. The number of thioether (sulfide) groups is 1. The summed E-state index contributed by atoms with van der Waals surface area (Å²) in [4.78, 5) is 22.2. The van der Waals surface area contributed by atoms with Gasteiger partial charge in [0.15, 0.2) is 5.16 Å². The van der Waals surface area contributed by atoms with Crippen LogP contribution in [-0.4, -0.2) is 24.2 Å². The van der Waals surface area contributed by atoms with E-state index in [4.69, 9.17) is 4.98 Å². The fourth-order valence-corrected chi connectivity index (χ4v) is 6.66. The van der Waals surface area contributed by atoms with Crippen molar-refractivity contribution in [2.45, 2.75) is 63.0 Å². The normalized spacial score (nSPS) is 12.9. The highest BCUT2D eigenvalue weighted by Gasteiger charge is 2.30. The first kappa shape index (κ1) is 29.9. The van der Waals surface area contributed by atoms with E-state index in [2.05, 4.69) is 21.0 Å². The molecule has 1 N–H and O–H groups in total. The van der Waals surface area contributed by atoms with Crippen molar-refractivity contribution >= 4 is 11.8 Å². The Hall–Kier alpha value is -4.15. The van der Waals surface area contributed by atoms with Crippen LogP contribution in [0.4, 0.5) is 13.2 Å². The monoisotopic (exact) mass is 616 g/mol. The molecule has 2 heterocycles. The van der Waals surface area contributed by atoms with Crippen LogP contribution in [0, 0.1) is 0 Å². The summed E-state index contributed by atoms with van der Waals surface area (Å²) in [6, 6.07) is 20.7. The lowest BCUT2D eigenvalue weighted by Gasteiger charge is -2.18. The van der Waals surface area contributed by atoms with Crippen LogP contribution in [0.2, 0.25) is 0 Å². The number of nitrogens with zero attached hydrogens (tertiary/aromatic N) is 4. The van der Waals surface area contributed by atoms with Crippen LogP contribution in [0.5, 0.6) is 0 Å². The molecule has 5 aromatic rings. The molecule has 0 spiro atoms. The second-order valence-electron chi connectivity index (χ2n) is 10.8. The summed E-state index contributed by atoms with van der Waals surface area (Å²) < 4.78 is 43.2. The molecular weight excluding hydrogens is 585 g/mol. The molecule has 0 bridgehead atoms. The summed E-state index contributed by atoms with van der Waals surface area (Å²) in [5.41, 5.74) is 6.34. The minimum Gasteiger partial charge on any atom is -0.392 e. The van der Waals surface area contributed by atoms with Gasteiger partial charge in [-0.3, -0.25) is 4.79 Å². The average molecular weight is 617 g/mol. The highest BCUT2D eigenvalue weighted by molar-refractivity contribution is 7.98. The highest BCUT2D eigenvalue weighted by Crippen LogP contribution is 2.32. The van der Waals surface area contributed by atoms with Gasteiger partial charge >= 0.3 is 6.18 Å². The van der Waals surface area contributed by atoms with E-state index < -0.39 is 11.7 Å². The Labute approximate surface area is 257 Å². The number of benzene rings is 3. The Kier molecular flexibility index (Phi) is 8.46. The zero-order chi connectivity index (χ0) is 30.8. The summed E-state index contributed by atoms with van der Waals surface area (Å²) in [6.07, 6.45) is -0.0551. The summed E-state index contributed by atoms with van der Waals surface area (Å²) in [7, 11) is 0. The lowest BCUT2D eigenvalue weighted by molar-refractivity contribution is -0.137. The third-order valence-corrected chi connectivity index (χ3v) is 9.10. The van der Waals surface area contributed by atoms with E-state index in [1.54, 1.807) is 0 Å². The molecule has 0 radical (unpaired) electrons. The zero-order valence-corrected chi connectivity index (χ0v) is 25.0. The van der Waals surface area contributed by atoms with E-state index in [1.807, 2.05) is 54.7 Å². The minimum absolute atomic E-state index is 0.00526. The molecule has 10 heteroatoms. The molecule has 0 saturated heterocycles. The SMILES string of the molecule is CCn1c(-c2ccc(-c3ccc(C(F)(F)F)cc3)cc2)cnc1Cn1c(SCc2ccc(CO)cc2)nc(=O)c2c1CCC2. The molecule has 0 aliphatic heterocycles. The van der Waals surface area contributed by atoms with Gasteiger partial charge in [-0.1, -0.05) is 72.4 Å². The van der Waals surface area contributed by atoms with E-state index in [1.165, 1.54) is 23.9 Å². The van der Waals surface area contributed by atoms with Crippen molar-refractivity contribution in [1.82, 2.24) is 19.1 Å². The number of hydrogen-bond acceptors (Lipinski definition) is 5. The van der Waals surface area contributed by atoms with Gasteiger partial charge in [0.1, 0.15) is 5.82 Å². The van der Waals surface area contributed by atoms with Crippen LogP contribution < -0.4 is 5.56 Å². The smallest absolute Gasteiger partial charge is 0.392 e. The topological polar surface area (TPSA) is 72.9 Å². The van der Waals surface area contributed by atoms with E-state index >= 15 is 0 Å². The molecule has 1 aliphatic rings. The van der Waals surface area contributed by atoms with Crippen LogP contribution in [0.15, 0.2) is 88.9 Å². The Morgan fingerprint density at radius 3 is 2.14 bits per heavy atom. The molecule has 0 atom stereocenters. The van der Waals surface area contributed by atoms with E-state index in [9.17, 15) is 23.1 Å². The van der Waals surface area contributed by atoms with Crippen LogP contribution in [-0.2, 0) is 44.5 Å². The number of aliphatic hydroxyl groups is 1. The molecule has 226 valence electrons. The molecule has 0 unspecified atom stereocenters. The Morgan fingerprint density at radius 1 is 0.864 bits per heavy atom. The maximum Gasteiger partial charge on any atom is 0.416 e. The molecule has 0 amide bonds. The average Bonchev–Trinajstić information content (AvgIpc) is 3.69. The maximum atomic E-state index is 13.0. The van der Waals surface area contributed by atoms with E-state index in [-0.39, 0.29) is 12.2 Å². The summed E-state index contributed by atoms with van der Waals surface area (Å²) in [6.45, 7) is 3.21. The maximum absolute atomic E-state index is 13.0. The number of aliphatic hydroxyl groups excluding tert-OH is 1. The van der Waals surface area contributed by atoms with Gasteiger partial charge in [0, 0.05) is 23.6 Å². The Morgan fingerprint density at radius 2 is 1.50 bits per heavy atom. The van der Waals surface area contributed by atoms with Gasteiger partial charge < -0.3 is 14.2 Å². The molecule has 6 nitrogen and oxygen atoms in total. The van der Waals surface area contributed by atoms with Crippen molar-refractivity contribution in [3.8, 4) is 22.4 Å². The van der Waals surface area contributed by atoms with Gasteiger partial charge in [-0.05, 0) is 66.1 Å². The van der Waals surface area contributed by atoms with Gasteiger partial charge in [-0.25, -0.2) is 4.98 Å². The molecule has 2 aromatic heterocycles. The van der Waals surface area contributed by atoms with Crippen molar-refractivity contribution in [3.63, 3.8) is 0 Å². The molecule has 3 aromatic carbocycles. The highest BCUT2D eigenvalue weighted by atomic mass is 32.2. The summed E-state index contributed by atoms with van der Waals surface area (Å²) in [5.74, 6) is 1.48. The van der Waals surface area contributed by atoms with Crippen molar-refractivity contribution in [1.29, 1.82) is 0 Å². The summed E-state index contributed by atoms with van der Waals surface area (Å²) >= 11 is 1.52. The van der Waals surface area contributed by atoms with Crippen molar-refractivity contribution in [2.75, 3.05) is 0 Å². The number of alkyl halides is 3. The number of imidazole rings is 1. The minimum atomic E-state index is -4.36. The molecule has 0 fully saturated rings. The predicted molar refractivity (Wildman–Crippen MR) is 165 cm³/mol. The standard InChI is InChI=1S/C34H31F3N4O2S/c1-2-40-30(26-12-10-24(11-13-26)25-14-16-27(17-15-25)34(35,36)37)18-38-31(40)19-41-29-5-3-4-28(29)32(43)39-33(41)44-21-23-8-6-22(20-42)7-9-23/h6-18,42H,2-5,19-21H2,1H3. The van der Waals surface area contributed by atoms with Crippen LogP contribution in [0.25, 0.3) is 22.4 Å². The molecule has 0 saturated carbocycles. The fourth-order valence-electron chi connectivity index (χ4n) is 5.70. The second-order valence-corrected chi connectivity index (χ2v) is 11.7. The van der Waals surface area contributed by atoms with Crippen molar-refractivity contribution < 1.29 is 18.3 Å². The molecular formula is C34H31F3N4O2S. The second kappa shape index (κ2) is 12.5. The van der Waals surface area contributed by atoms with Gasteiger partial charge in [-0.15, -0.1) is 0 Å². The number of fused-ring (bicyclic) bond motifs is 1. The first-order chi connectivity index (χ1) is 21.2. The predicted octanol–water partition coefficient (Wildman–Crippen LogP) is 7.13. The lowest BCUT2D eigenvalue weighted by Crippen LogP contribution is -2.23. The van der Waals surface area contributed by atoms with Crippen molar-refractivity contribution in [3.05, 3.63) is 123 Å². The number of hydrogen-bond donors (Lipinski definition) is 1. The van der Waals surface area contributed by atoms with Gasteiger partial charge in [-0.2, -0.15) is 18.2 Å². The molecule has 6 rings (SSSR count). The van der Waals surface area contributed by atoms with E-state index in [0.29, 0.717) is 29.6 Å². The molecule has 1 aliphatic carbocycles. The van der Waals surface area contributed by atoms with E-state index in [0.717, 1.165) is 76.4 Å². The fraction of sp³-hybridized carbons (Fsp3) is 0.265. The number of aromatic nitrogens is 4. The van der Waals surface area contributed by atoms with Crippen LogP contribution >= 0.6 is 11.8 Å². The van der Waals surface area contributed by atoms with Crippen LogP contribution in [0.1, 0.15) is 47.1 Å². The number of rotatable bonds is 9. The zero-order valence-electron chi connectivity index (χ0n) is 24.1. The lowest BCUT2D eigenvalue weighted by atomic mass is 10.0. The summed E-state index contributed by atoms with van der Waals surface area (Å²) in [5, 5.41) is 10.0. The number of halogens is 3. The third kappa shape index (κ3) is 6.09. The first-order valence-corrected chi connectivity index (χ1v) is 15.5. The van der Waals surface area contributed by atoms with Gasteiger partial charge in [0.25, 0.3) is 5.56 Å². The van der Waals surface area contributed by atoms with Gasteiger partial charge in [0.2, 0.25) is 0 Å².